The van der Waals surface area contributed by atoms with Crippen LogP contribution in [0.1, 0.15) is 145 Å². The van der Waals surface area contributed by atoms with Gasteiger partial charge >= 0.3 is 5.97 Å². The fourth-order valence-corrected chi connectivity index (χ4v) is 16.7. The molecule has 7 rings (SSSR count). The van der Waals surface area contributed by atoms with E-state index in [0.717, 1.165) is 13.0 Å². The minimum atomic E-state index is -3.02. The molecule has 0 aromatic rings. The van der Waals surface area contributed by atoms with Crippen molar-refractivity contribution >= 4 is 15.8 Å². The van der Waals surface area contributed by atoms with E-state index in [0.29, 0.717) is 67.6 Å². The van der Waals surface area contributed by atoms with Crippen molar-refractivity contribution in [2.24, 2.45) is 62.6 Å². The van der Waals surface area contributed by atoms with Gasteiger partial charge < -0.3 is 15.5 Å². The zero-order valence-electron chi connectivity index (χ0n) is 33.5. The molecule has 3 N–H and O–H groups in total. The van der Waals surface area contributed by atoms with Gasteiger partial charge in [0.1, 0.15) is 6.67 Å². The molecule has 0 spiro atoms. The van der Waals surface area contributed by atoms with Gasteiger partial charge in [-0.05, 0) is 171 Å². The number of fused-ring (bicyclic) bond motifs is 7. The van der Waals surface area contributed by atoms with Gasteiger partial charge in [-0.15, -0.1) is 0 Å². The van der Waals surface area contributed by atoms with Crippen LogP contribution in [0.25, 0.3) is 0 Å². The van der Waals surface area contributed by atoms with E-state index in [2.05, 4.69) is 65.9 Å². The molecular formula is C44H70FNO5S. The first kappa shape index (κ1) is 39.0. The molecule has 5 fully saturated rings. The summed E-state index contributed by atoms with van der Waals surface area (Å²) in [6.07, 6.45) is 18.2. The minimum Gasteiger partial charge on any atom is -0.481 e. The summed E-state index contributed by atoms with van der Waals surface area (Å²) in [5.74, 6) is 2.98. The molecule has 0 radical (unpaired) electrons. The number of carbonyl (C=O) groups is 1. The monoisotopic (exact) mass is 743 g/mol. The lowest BCUT2D eigenvalue weighted by atomic mass is 9.32. The topological polar surface area (TPSA) is 104 Å². The molecule has 7 aliphatic rings. The molecule has 4 saturated carbocycles. The van der Waals surface area contributed by atoms with Crippen LogP contribution >= 0.6 is 0 Å². The molecule has 1 heterocycles. The summed E-state index contributed by atoms with van der Waals surface area (Å²) in [7, 11) is -3.02. The highest BCUT2D eigenvalue weighted by Crippen LogP contribution is 2.76. The van der Waals surface area contributed by atoms with Gasteiger partial charge in [0.05, 0.1) is 22.5 Å². The van der Waals surface area contributed by atoms with Crippen molar-refractivity contribution in [3.63, 3.8) is 0 Å². The Labute approximate surface area is 314 Å². The molecule has 52 heavy (non-hydrogen) atoms. The van der Waals surface area contributed by atoms with Gasteiger partial charge in [-0.3, -0.25) is 4.79 Å². The Hall–Kier alpha value is -1.25. The average Bonchev–Trinajstić information content (AvgIpc) is 3.46. The van der Waals surface area contributed by atoms with Gasteiger partial charge in [0.25, 0.3) is 0 Å². The van der Waals surface area contributed by atoms with Crippen molar-refractivity contribution in [2.45, 2.75) is 156 Å². The van der Waals surface area contributed by atoms with Crippen LogP contribution in [0.5, 0.6) is 0 Å². The molecular weight excluding hydrogens is 674 g/mol. The second-order valence-electron chi connectivity index (χ2n) is 21.0. The highest BCUT2D eigenvalue weighted by molar-refractivity contribution is 7.91. The summed E-state index contributed by atoms with van der Waals surface area (Å²) in [5.41, 5.74) is 1.28. The molecule has 0 bridgehead atoms. The van der Waals surface area contributed by atoms with Crippen LogP contribution < -0.4 is 5.32 Å². The molecule has 1 saturated heterocycles. The molecule has 10 atom stereocenters. The Balaban J connectivity index is 1.13. The van der Waals surface area contributed by atoms with Crippen molar-refractivity contribution in [3.05, 3.63) is 23.3 Å². The summed E-state index contributed by atoms with van der Waals surface area (Å²) in [6.45, 7) is 17.7. The predicted molar refractivity (Wildman–Crippen MR) is 206 cm³/mol. The second-order valence-corrected chi connectivity index (χ2v) is 23.3. The van der Waals surface area contributed by atoms with Crippen molar-refractivity contribution in [1.82, 2.24) is 5.32 Å². The maximum absolute atomic E-state index is 14.0. The lowest BCUT2D eigenvalue weighted by Crippen LogP contribution is -2.68. The molecule has 0 unspecified atom stereocenters. The Morgan fingerprint density at radius 3 is 2.21 bits per heavy atom. The number of aliphatic carboxylic acids is 1. The van der Waals surface area contributed by atoms with E-state index in [1.165, 1.54) is 62.5 Å². The van der Waals surface area contributed by atoms with Crippen LogP contribution in [0.3, 0.4) is 0 Å². The summed E-state index contributed by atoms with van der Waals surface area (Å²) in [6, 6.07) is 0. The lowest BCUT2D eigenvalue weighted by Gasteiger charge is -2.72. The van der Waals surface area contributed by atoms with E-state index in [4.69, 9.17) is 0 Å². The molecule has 6 nitrogen and oxygen atoms in total. The van der Waals surface area contributed by atoms with Gasteiger partial charge in [0, 0.05) is 5.54 Å². The SMILES string of the molecule is CC(C)[C@@H]1CC[C@]2(NCCC3(O)CCS(=O)(=O)CC3)CC[C@]3(C)[C@H](CC[C@@H]4[C@@]5(C)CC=C(C6=CC[C@](CF)(C(=O)O)CC6)C(C)(C)[C@@H]5CC[C@]43C)[C@@H]12. The number of alkyl halides is 1. The van der Waals surface area contributed by atoms with Crippen LogP contribution in [-0.4, -0.2) is 60.5 Å². The maximum Gasteiger partial charge on any atom is 0.312 e. The summed E-state index contributed by atoms with van der Waals surface area (Å²) < 4.78 is 38.2. The minimum absolute atomic E-state index is 0.0245. The van der Waals surface area contributed by atoms with Gasteiger partial charge in [-0.1, -0.05) is 60.6 Å². The number of hydrogen-bond donors (Lipinski definition) is 3. The molecule has 0 aromatic carbocycles. The van der Waals surface area contributed by atoms with E-state index >= 15 is 0 Å². The van der Waals surface area contributed by atoms with Crippen LogP contribution in [-0.2, 0) is 14.6 Å². The van der Waals surface area contributed by atoms with Crippen molar-refractivity contribution in [3.8, 4) is 0 Å². The average molecular weight is 744 g/mol. The van der Waals surface area contributed by atoms with Crippen molar-refractivity contribution in [1.29, 1.82) is 0 Å². The molecule has 8 heteroatoms. The standard InChI is InChI=1S/C44H70FNO5S/c1-29(2)31-12-19-44(46-25-22-43(49)23-26-52(50,51)27-24-43)21-20-40(6)33(36(31)44)8-9-35-39(5)15-13-32(38(3,4)34(39)14-16-41(35,40)7)30-10-17-42(28-45,18-11-30)37(47)48/h10,13,29,31,33-36,46,49H,8-9,11-12,14-28H2,1-7H3,(H,47,48)/t31-,33+,34-,35+,36+,39-,40+,41+,42-,44-/m0/s1. The highest BCUT2D eigenvalue weighted by Gasteiger charge is 2.70. The van der Waals surface area contributed by atoms with Gasteiger partial charge in [-0.25, -0.2) is 12.8 Å². The number of nitrogens with one attached hydrogen (secondary N) is 1. The first-order valence-electron chi connectivity index (χ1n) is 21.1. The maximum atomic E-state index is 14.0. The van der Waals surface area contributed by atoms with Crippen LogP contribution in [0.4, 0.5) is 4.39 Å². The molecule has 294 valence electrons. The van der Waals surface area contributed by atoms with Crippen molar-refractivity contribution in [2.75, 3.05) is 24.7 Å². The van der Waals surface area contributed by atoms with Crippen LogP contribution in [0.15, 0.2) is 23.3 Å². The van der Waals surface area contributed by atoms with E-state index < -0.39 is 33.5 Å². The number of halogens is 1. The summed E-state index contributed by atoms with van der Waals surface area (Å²) in [5, 5.41) is 25.3. The van der Waals surface area contributed by atoms with Crippen LogP contribution in [0, 0.1) is 62.6 Å². The largest absolute Gasteiger partial charge is 0.481 e. The quantitative estimate of drug-likeness (QED) is 0.229. The predicted octanol–water partition coefficient (Wildman–Crippen LogP) is 9.08. The van der Waals surface area contributed by atoms with E-state index in [-0.39, 0.29) is 45.1 Å². The zero-order chi connectivity index (χ0) is 37.8. The number of allylic oxidation sites excluding steroid dienone is 4. The zero-order valence-corrected chi connectivity index (χ0v) is 34.3. The Morgan fingerprint density at radius 1 is 0.885 bits per heavy atom. The fraction of sp³-hybridized carbons (Fsp3) is 0.886. The van der Waals surface area contributed by atoms with Gasteiger partial charge in [0.2, 0.25) is 0 Å². The van der Waals surface area contributed by atoms with Crippen molar-refractivity contribution < 1.29 is 27.8 Å². The number of carboxylic acids is 1. The van der Waals surface area contributed by atoms with Gasteiger partial charge in [-0.2, -0.15) is 0 Å². The highest BCUT2D eigenvalue weighted by atomic mass is 32.2. The Bertz CT molecular complexity index is 1590. The first-order chi connectivity index (χ1) is 24.2. The smallest absolute Gasteiger partial charge is 0.312 e. The molecule has 0 amide bonds. The normalized spacial score (nSPS) is 46.2. The number of aliphatic hydroxyl groups is 1. The number of carboxylic acid groups (broad SMARTS) is 1. The third-order valence-electron chi connectivity index (χ3n) is 18.4. The Kier molecular flexibility index (Phi) is 9.67. The molecule has 6 aliphatic carbocycles. The van der Waals surface area contributed by atoms with E-state index in [9.17, 15) is 27.8 Å². The van der Waals surface area contributed by atoms with Gasteiger partial charge in [0.15, 0.2) is 9.84 Å². The lowest BCUT2D eigenvalue weighted by molar-refractivity contribution is -0.223. The van der Waals surface area contributed by atoms with E-state index in [1.807, 2.05) is 0 Å². The number of rotatable bonds is 8. The first-order valence-corrected chi connectivity index (χ1v) is 22.9. The van der Waals surface area contributed by atoms with E-state index in [1.54, 1.807) is 0 Å². The summed E-state index contributed by atoms with van der Waals surface area (Å²) in [4.78, 5) is 12.0. The number of sulfone groups is 1. The second kappa shape index (κ2) is 12.9. The number of hydrogen-bond acceptors (Lipinski definition) is 5. The summed E-state index contributed by atoms with van der Waals surface area (Å²) >= 11 is 0. The molecule has 1 aliphatic heterocycles. The Morgan fingerprint density at radius 2 is 1.60 bits per heavy atom. The van der Waals surface area contributed by atoms with Crippen LogP contribution in [0.2, 0.25) is 0 Å². The molecule has 0 aromatic heterocycles. The third kappa shape index (κ3) is 5.77. The third-order valence-corrected chi connectivity index (χ3v) is 20.1. The fourth-order valence-electron chi connectivity index (χ4n) is 15.1.